The molecule has 0 saturated heterocycles. The standard InChI is InChI=1S/C19H26N4O2/c1-12-7-17(11-24)22-23(12)10-14-3-5-15(6-4-14)16-8-18(19(20)25)13(2)21-9-16/h7-9,14-15,24H,3-6,10-11H2,1-2H3,(H2,20,25). The summed E-state index contributed by atoms with van der Waals surface area (Å²) in [7, 11) is 0. The van der Waals surface area contributed by atoms with Gasteiger partial charge in [0.25, 0.3) is 5.91 Å². The minimum Gasteiger partial charge on any atom is -0.390 e. The number of amides is 1. The molecule has 2 heterocycles. The second-order valence-corrected chi connectivity index (χ2v) is 7.10. The highest BCUT2D eigenvalue weighted by molar-refractivity contribution is 5.93. The van der Waals surface area contributed by atoms with Gasteiger partial charge in [-0.25, -0.2) is 0 Å². The number of hydrogen-bond donors (Lipinski definition) is 2. The maximum absolute atomic E-state index is 11.5. The van der Waals surface area contributed by atoms with E-state index in [1.165, 1.54) is 0 Å². The first-order chi connectivity index (χ1) is 12.0. The third kappa shape index (κ3) is 3.90. The molecule has 0 unspecified atom stereocenters. The molecule has 6 heteroatoms. The van der Waals surface area contributed by atoms with Crippen molar-refractivity contribution in [2.45, 2.75) is 58.6 Å². The molecule has 1 amide bonds. The lowest BCUT2D eigenvalue weighted by molar-refractivity contribution is 0.0999. The second kappa shape index (κ2) is 7.35. The Morgan fingerprint density at radius 3 is 2.60 bits per heavy atom. The predicted octanol–water partition coefficient (Wildman–Crippen LogP) is 2.46. The minimum absolute atomic E-state index is 0.0107. The van der Waals surface area contributed by atoms with Crippen LogP contribution in [0.25, 0.3) is 0 Å². The van der Waals surface area contributed by atoms with Crippen LogP contribution in [0.2, 0.25) is 0 Å². The van der Waals surface area contributed by atoms with E-state index in [0.29, 0.717) is 23.1 Å². The Morgan fingerprint density at radius 1 is 1.28 bits per heavy atom. The number of carbonyl (C=O) groups is 1. The quantitative estimate of drug-likeness (QED) is 0.873. The summed E-state index contributed by atoms with van der Waals surface area (Å²) in [5, 5.41) is 13.7. The van der Waals surface area contributed by atoms with Crippen LogP contribution in [0.4, 0.5) is 0 Å². The average molecular weight is 342 g/mol. The van der Waals surface area contributed by atoms with Gasteiger partial charge in [0, 0.05) is 24.1 Å². The number of nitrogens with zero attached hydrogens (tertiary/aromatic N) is 3. The van der Waals surface area contributed by atoms with Gasteiger partial charge in [-0.3, -0.25) is 14.5 Å². The van der Waals surface area contributed by atoms with Crippen LogP contribution in [0.5, 0.6) is 0 Å². The smallest absolute Gasteiger partial charge is 0.250 e. The number of aryl methyl sites for hydroxylation is 2. The molecule has 0 aliphatic heterocycles. The molecular formula is C19H26N4O2. The van der Waals surface area contributed by atoms with Crippen molar-refractivity contribution in [3.05, 3.63) is 46.5 Å². The first-order valence-electron chi connectivity index (χ1n) is 8.88. The molecule has 0 spiro atoms. The van der Waals surface area contributed by atoms with Crippen molar-refractivity contribution in [3.63, 3.8) is 0 Å². The Bertz CT molecular complexity index is 761. The van der Waals surface area contributed by atoms with Crippen molar-refractivity contribution in [2.24, 2.45) is 11.7 Å². The van der Waals surface area contributed by atoms with Crippen LogP contribution in [0.1, 0.15) is 64.6 Å². The van der Waals surface area contributed by atoms with Gasteiger partial charge in [-0.05, 0) is 69.1 Å². The third-order valence-corrected chi connectivity index (χ3v) is 5.32. The maximum atomic E-state index is 11.5. The normalized spacial score (nSPS) is 20.6. The summed E-state index contributed by atoms with van der Waals surface area (Å²) >= 11 is 0. The predicted molar refractivity (Wildman–Crippen MR) is 95.1 cm³/mol. The number of pyridine rings is 1. The van der Waals surface area contributed by atoms with E-state index in [9.17, 15) is 9.90 Å². The minimum atomic E-state index is -0.408. The zero-order chi connectivity index (χ0) is 18.0. The van der Waals surface area contributed by atoms with Crippen molar-refractivity contribution in [2.75, 3.05) is 0 Å². The van der Waals surface area contributed by atoms with Crippen LogP contribution < -0.4 is 5.73 Å². The van der Waals surface area contributed by atoms with Crippen molar-refractivity contribution >= 4 is 5.91 Å². The Hall–Kier alpha value is -2.21. The van der Waals surface area contributed by atoms with Crippen molar-refractivity contribution in [1.29, 1.82) is 0 Å². The van der Waals surface area contributed by atoms with Crippen LogP contribution in [0.15, 0.2) is 18.3 Å². The number of nitrogens with two attached hydrogens (primary N) is 1. The first-order valence-corrected chi connectivity index (χ1v) is 8.88. The van der Waals surface area contributed by atoms with E-state index in [0.717, 1.165) is 49.2 Å². The molecule has 0 radical (unpaired) electrons. The Morgan fingerprint density at radius 2 is 2.00 bits per heavy atom. The third-order valence-electron chi connectivity index (χ3n) is 5.32. The van der Waals surface area contributed by atoms with Crippen LogP contribution in [-0.4, -0.2) is 25.8 Å². The second-order valence-electron chi connectivity index (χ2n) is 7.10. The van der Waals surface area contributed by atoms with Gasteiger partial charge < -0.3 is 10.8 Å². The molecule has 3 N–H and O–H groups in total. The molecular weight excluding hydrogens is 316 g/mol. The van der Waals surface area contributed by atoms with Gasteiger partial charge >= 0.3 is 0 Å². The van der Waals surface area contributed by atoms with Crippen LogP contribution >= 0.6 is 0 Å². The SMILES string of the molecule is Cc1ncc(C2CCC(Cn3nc(CO)cc3C)CC2)cc1C(N)=O. The van der Waals surface area contributed by atoms with E-state index in [1.807, 2.05) is 36.9 Å². The number of aliphatic hydroxyl groups is 1. The van der Waals surface area contributed by atoms with Crippen molar-refractivity contribution in [3.8, 4) is 0 Å². The van der Waals surface area contributed by atoms with Gasteiger partial charge in [-0.1, -0.05) is 0 Å². The molecule has 0 aromatic carbocycles. The molecule has 3 rings (SSSR count). The van der Waals surface area contributed by atoms with E-state index >= 15 is 0 Å². The number of carbonyl (C=O) groups excluding carboxylic acids is 1. The fraction of sp³-hybridized carbons (Fsp3) is 0.526. The Balaban J connectivity index is 1.63. The molecule has 0 atom stereocenters. The summed E-state index contributed by atoms with van der Waals surface area (Å²) in [5.74, 6) is 0.624. The zero-order valence-corrected chi connectivity index (χ0v) is 14.9. The summed E-state index contributed by atoms with van der Waals surface area (Å²) in [6, 6.07) is 3.86. The summed E-state index contributed by atoms with van der Waals surface area (Å²) in [6.07, 6.45) is 6.30. The van der Waals surface area contributed by atoms with E-state index in [2.05, 4.69) is 10.1 Å². The van der Waals surface area contributed by atoms with Crippen LogP contribution in [0, 0.1) is 19.8 Å². The molecule has 1 fully saturated rings. The van der Waals surface area contributed by atoms with Crippen molar-refractivity contribution < 1.29 is 9.90 Å². The Labute approximate surface area is 148 Å². The van der Waals surface area contributed by atoms with E-state index in [1.54, 1.807) is 0 Å². The van der Waals surface area contributed by atoms with Gasteiger partial charge in [0.15, 0.2) is 0 Å². The number of aromatic nitrogens is 3. The fourth-order valence-electron chi connectivity index (χ4n) is 3.79. The molecule has 1 aliphatic carbocycles. The molecule has 134 valence electrons. The largest absolute Gasteiger partial charge is 0.390 e. The highest BCUT2D eigenvalue weighted by Gasteiger charge is 2.24. The summed E-state index contributed by atoms with van der Waals surface area (Å²) < 4.78 is 2.01. The lowest BCUT2D eigenvalue weighted by Gasteiger charge is -2.29. The first kappa shape index (κ1) is 17.6. The number of hydrogen-bond acceptors (Lipinski definition) is 4. The lowest BCUT2D eigenvalue weighted by Crippen LogP contribution is -2.20. The monoisotopic (exact) mass is 342 g/mol. The molecule has 25 heavy (non-hydrogen) atoms. The van der Waals surface area contributed by atoms with E-state index in [-0.39, 0.29) is 6.61 Å². The molecule has 6 nitrogen and oxygen atoms in total. The van der Waals surface area contributed by atoms with E-state index < -0.39 is 5.91 Å². The highest BCUT2D eigenvalue weighted by Crippen LogP contribution is 2.36. The molecule has 2 aromatic heterocycles. The number of rotatable bonds is 5. The van der Waals surface area contributed by atoms with Gasteiger partial charge in [-0.2, -0.15) is 5.10 Å². The lowest BCUT2D eigenvalue weighted by atomic mass is 9.79. The van der Waals surface area contributed by atoms with Gasteiger partial charge in [0.2, 0.25) is 0 Å². The Kier molecular flexibility index (Phi) is 5.18. The average Bonchev–Trinajstić information content (AvgIpc) is 2.96. The van der Waals surface area contributed by atoms with Crippen LogP contribution in [0.3, 0.4) is 0 Å². The maximum Gasteiger partial charge on any atom is 0.250 e. The summed E-state index contributed by atoms with van der Waals surface area (Å²) in [5.41, 5.74) is 9.62. The zero-order valence-electron chi connectivity index (χ0n) is 14.9. The molecule has 0 bridgehead atoms. The topological polar surface area (TPSA) is 94.0 Å². The van der Waals surface area contributed by atoms with Crippen molar-refractivity contribution in [1.82, 2.24) is 14.8 Å². The van der Waals surface area contributed by atoms with E-state index in [4.69, 9.17) is 5.73 Å². The highest BCUT2D eigenvalue weighted by atomic mass is 16.3. The van der Waals surface area contributed by atoms with Crippen LogP contribution in [-0.2, 0) is 13.2 Å². The number of aliphatic hydroxyl groups excluding tert-OH is 1. The molecule has 1 aliphatic rings. The van der Waals surface area contributed by atoms with Gasteiger partial charge in [0.1, 0.15) is 0 Å². The van der Waals surface area contributed by atoms with Gasteiger partial charge in [-0.15, -0.1) is 0 Å². The molecule has 2 aromatic rings. The molecule has 1 saturated carbocycles. The summed E-state index contributed by atoms with van der Waals surface area (Å²) in [6.45, 7) is 4.73. The summed E-state index contributed by atoms with van der Waals surface area (Å²) in [4.78, 5) is 15.9. The number of primary amides is 1. The van der Waals surface area contributed by atoms with Gasteiger partial charge in [0.05, 0.1) is 17.9 Å². The fourth-order valence-corrected chi connectivity index (χ4v) is 3.79.